The number of benzene rings is 1. The molecule has 0 aliphatic heterocycles. The van der Waals surface area contributed by atoms with Crippen LogP contribution in [0.5, 0.6) is 0 Å². The molecule has 0 amide bonds. The molecule has 21 heavy (non-hydrogen) atoms. The highest BCUT2D eigenvalue weighted by atomic mass is 32.2. The number of rotatable bonds is 7. The number of carboxylic acid groups (broad SMARTS) is 1. The smallest absolute Gasteiger partial charge is 0.315 e. The molecule has 0 aliphatic carbocycles. The predicted molar refractivity (Wildman–Crippen MR) is 83.1 cm³/mol. The van der Waals surface area contributed by atoms with E-state index in [0.717, 1.165) is 5.56 Å². The van der Waals surface area contributed by atoms with Gasteiger partial charge in [0.25, 0.3) is 0 Å². The topological polar surface area (TPSA) is 97.5 Å². The van der Waals surface area contributed by atoms with Crippen molar-refractivity contribution in [3.63, 3.8) is 0 Å². The summed E-state index contributed by atoms with van der Waals surface area (Å²) in [5.74, 6) is -1.28. The lowest BCUT2D eigenvalue weighted by atomic mass is 9.78. The summed E-state index contributed by atoms with van der Waals surface area (Å²) in [7, 11) is -3.31. The van der Waals surface area contributed by atoms with Crippen molar-refractivity contribution in [2.45, 2.75) is 37.9 Å². The van der Waals surface area contributed by atoms with Crippen LogP contribution in [0.25, 0.3) is 0 Å². The van der Waals surface area contributed by atoms with E-state index in [9.17, 15) is 18.3 Å². The Labute approximate surface area is 126 Å². The van der Waals surface area contributed by atoms with Crippen molar-refractivity contribution >= 4 is 15.8 Å². The fourth-order valence-corrected chi connectivity index (χ4v) is 3.21. The van der Waals surface area contributed by atoms with Gasteiger partial charge in [0.05, 0.1) is 11.0 Å². The summed E-state index contributed by atoms with van der Waals surface area (Å²) in [5, 5.41) is 9.08. The van der Waals surface area contributed by atoms with Crippen molar-refractivity contribution in [2.75, 3.05) is 12.3 Å². The first kappa shape index (κ1) is 17.7. The Kier molecular flexibility index (Phi) is 5.53. The molecule has 0 fully saturated rings. The highest BCUT2D eigenvalue weighted by Crippen LogP contribution is 2.29. The standard InChI is InChI=1S/C15H23NO4S/c1-11(2)21(19,20)9-8-15(10-16,14(17)18)13-6-4-12(3)5-7-13/h4-7,11H,8-10,16H2,1-3H3,(H,17,18). The van der Waals surface area contributed by atoms with Crippen LogP contribution in [-0.4, -0.2) is 37.0 Å². The van der Waals surface area contributed by atoms with Gasteiger partial charge in [-0.3, -0.25) is 4.79 Å². The number of hydrogen-bond acceptors (Lipinski definition) is 4. The molecule has 0 spiro atoms. The Bertz CT molecular complexity index is 593. The summed E-state index contributed by atoms with van der Waals surface area (Å²) in [6, 6.07) is 7.02. The lowest BCUT2D eigenvalue weighted by Gasteiger charge is -2.29. The van der Waals surface area contributed by atoms with Gasteiger partial charge in [-0.2, -0.15) is 0 Å². The van der Waals surface area contributed by atoms with E-state index in [-0.39, 0.29) is 18.7 Å². The summed E-state index contributed by atoms with van der Waals surface area (Å²) in [4.78, 5) is 11.7. The number of nitrogens with two attached hydrogens (primary N) is 1. The summed E-state index contributed by atoms with van der Waals surface area (Å²) in [6.45, 7) is 4.94. The third kappa shape index (κ3) is 3.83. The molecule has 0 saturated carbocycles. The summed E-state index contributed by atoms with van der Waals surface area (Å²) < 4.78 is 23.9. The van der Waals surface area contributed by atoms with Crippen molar-refractivity contribution < 1.29 is 18.3 Å². The van der Waals surface area contributed by atoms with Crippen LogP contribution in [0, 0.1) is 6.92 Å². The molecule has 0 aliphatic rings. The minimum Gasteiger partial charge on any atom is -0.481 e. The monoisotopic (exact) mass is 313 g/mol. The summed E-state index contributed by atoms with van der Waals surface area (Å²) in [6.07, 6.45) is -0.0254. The van der Waals surface area contributed by atoms with Crippen LogP contribution >= 0.6 is 0 Å². The molecule has 0 radical (unpaired) electrons. The average Bonchev–Trinajstić information content (AvgIpc) is 2.41. The van der Waals surface area contributed by atoms with Gasteiger partial charge in [-0.1, -0.05) is 29.8 Å². The first-order valence-electron chi connectivity index (χ1n) is 6.88. The van der Waals surface area contributed by atoms with Crippen molar-refractivity contribution in [2.24, 2.45) is 5.73 Å². The van der Waals surface area contributed by atoms with Crippen molar-refractivity contribution in [3.05, 3.63) is 35.4 Å². The quantitative estimate of drug-likeness (QED) is 0.795. The molecule has 3 N–H and O–H groups in total. The van der Waals surface area contributed by atoms with Gasteiger partial charge in [-0.05, 0) is 32.8 Å². The zero-order valence-electron chi connectivity index (χ0n) is 12.7. The van der Waals surface area contributed by atoms with E-state index in [0.29, 0.717) is 5.56 Å². The lowest BCUT2D eigenvalue weighted by Crippen LogP contribution is -2.44. The minimum atomic E-state index is -3.31. The number of carboxylic acids is 1. The Morgan fingerprint density at radius 2 is 1.81 bits per heavy atom. The van der Waals surface area contributed by atoms with Crippen LogP contribution in [0.15, 0.2) is 24.3 Å². The van der Waals surface area contributed by atoms with Gasteiger partial charge in [0.2, 0.25) is 0 Å². The fraction of sp³-hybridized carbons (Fsp3) is 0.533. The number of aliphatic carboxylic acids is 1. The number of aryl methyl sites for hydroxylation is 1. The highest BCUT2D eigenvalue weighted by molar-refractivity contribution is 7.91. The Morgan fingerprint density at radius 1 is 1.29 bits per heavy atom. The van der Waals surface area contributed by atoms with E-state index in [2.05, 4.69) is 0 Å². The average molecular weight is 313 g/mol. The molecular weight excluding hydrogens is 290 g/mol. The summed E-state index contributed by atoms with van der Waals surface area (Å²) >= 11 is 0. The second-order valence-corrected chi connectivity index (χ2v) is 8.30. The van der Waals surface area contributed by atoms with Crippen LogP contribution in [0.4, 0.5) is 0 Å². The van der Waals surface area contributed by atoms with Gasteiger partial charge in [0, 0.05) is 6.54 Å². The van der Waals surface area contributed by atoms with E-state index in [1.54, 1.807) is 38.1 Å². The number of sulfone groups is 1. The summed E-state index contributed by atoms with van der Waals surface area (Å²) in [5.41, 5.74) is 5.89. The first-order chi connectivity index (χ1) is 9.65. The molecule has 1 aromatic rings. The van der Waals surface area contributed by atoms with Crippen LogP contribution in [0.2, 0.25) is 0 Å². The second-order valence-electron chi connectivity index (χ2n) is 5.62. The van der Waals surface area contributed by atoms with E-state index in [4.69, 9.17) is 5.73 Å². The molecule has 1 atom stereocenters. The van der Waals surface area contributed by atoms with Crippen molar-refractivity contribution in [3.8, 4) is 0 Å². The SMILES string of the molecule is Cc1ccc(C(CN)(CCS(=O)(=O)C(C)C)C(=O)O)cc1. The minimum absolute atomic E-state index is 0.0254. The van der Waals surface area contributed by atoms with Crippen LogP contribution in [-0.2, 0) is 20.0 Å². The third-order valence-electron chi connectivity index (χ3n) is 3.89. The zero-order chi connectivity index (χ0) is 16.3. The molecule has 118 valence electrons. The van der Waals surface area contributed by atoms with E-state index in [1.807, 2.05) is 6.92 Å². The molecule has 5 nitrogen and oxygen atoms in total. The molecule has 0 saturated heterocycles. The maximum absolute atomic E-state index is 12.0. The molecule has 0 heterocycles. The molecule has 1 unspecified atom stereocenters. The predicted octanol–water partition coefficient (Wildman–Crippen LogP) is 1.49. The molecule has 6 heteroatoms. The van der Waals surface area contributed by atoms with E-state index < -0.39 is 26.5 Å². The second kappa shape index (κ2) is 6.58. The van der Waals surface area contributed by atoms with Gasteiger partial charge in [-0.15, -0.1) is 0 Å². The molecule has 0 aromatic heterocycles. The maximum atomic E-state index is 12.0. The third-order valence-corrected chi connectivity index (χ3v) is 6.10. The Balaban J connectivity index is 3.17. The normalized spacial score (nSPS) is 14.9. The van der Waals surface area contributed by atoms with Gasteiger partial charge in [0.15, 0.2) is 9.84 Å². The molecule has 1 rings (SSSR count). The number of carbonyl (C=O) groups is 1. The molecule has 0 bridgehead atoms. The zero-order valence-corrected chi connectivity index (χ0v) is 13.5. The van der Waals surface area contributed by atoms with Crippen LogP contribution in [0.1, 0.15) is 31.4 Å². The Morgan fingerprint density at radius 3 is 2.19 bits per heavy atom. The van der Waals surface area contributed by atoms with Crippen molar-refractivity contribution in [1.82, 2.24) is 0 Å². The lowest BCUT2D eigenvalue weighted by molar-refractivity contribution is -0.143. The number of hydrogen-bond donors (Lipinski definition) is 2. The fourth-order valence-electron chi connectivity index (χ4n) is 2.11. The van der Waals surface area contributed by atoms with E-state index in [1.165, 1.54) is 0 Å². The van der Waals surface area contributed by atoms with Gasteiger partial charge in [-0.25, -0.2) is 8.42 Å². The Hall–Kier alpha value is -1.40. The van der Waals surface area contributed by atoms with E-state index >= 15 is 0 Å². The largest absolute Gasteiger partial charge is 0.481 e. The highest BCUT2D eigenvalue weighted by Gasteiger charge is 2.40. The van der Waals surface area contributed by atoms with Crippen LogP contribution in [0.3, 0.4) is 0 Å². The molecule has 1 aromatic carbocycles. The maximum Gasteiger partial charge on any atom is 0.315 e. The first-order valence-corrected chi connectivity index (χ1v) is 8.59. The van der Waals surface area contributed by atoms with Crippen molar-refractivity contribution in [1.29, 1.82) is 0 Å². The van der Waals surface area contributed by atoms with Gasteiger partial charge in [0.1, 0.15) is 5.41 Å². The van der Waals surface area contributed by atoms with Crippen LogP contribution < -0.4 is 5.73 Å². The molecular formula is C15H23NO4S. The van der Waals surface area contributed by atoms with Gasteiger partial charge < -0.3 is 10.8 Å². The van der Waals surface area contributed by atoms with Gasteiger partial charge >= 0.3 is 5.97 Å².